The zero-order valence-corrected chi connectivity index (χ0v) is 12.7. The molecule has 0 fully saturated rings. The molecule has 0 aliphatic heterocycles. The van der Waals surface area contributed by atoms with Crippen LogP contribution in [0.5, 0.6) is 0 Å². The fourth-order valence-electron chi connectivity index (χ4n) is 2.13. The molecule has 2 N–H and O–H groups in total. The number of nitrogens with zero attached hydrogens (tertiary/aromatic N) is 4. The maximum absolute atomic E-state index is 12.2. The van der Waals surface area contributed by atoms with Crippen LogP contribution < -0.4 is 5.73 Å². The molecule has 2 aromatic rings. The molecule has 0 radical (unpaired) electrons. The summed E-state index contributed by atoms with van der Waals surface area (Å²) in [6, 6.07) is 0.858. The van der Waals surface area contributed by atoms with Gasteiger partial charge in [-0.3, -0.25) is 25.0 Å². The van der Waals surface area contributed by atoms with Crippen molar-refractivity contribution in [3.8, 4) is 5.69 Å². The number of anilines is 1. The van der Waals surface area contributed by atoms with E-state index in [1.165, 1.54) is 30.2 Å². The fraction of sp³-hybridized carbons (Fsp3) is 0.154. The third-order valence-corrected chi connectivity index (χ3v) is 3.15. The zero-order chi connectivity index (χ0) is 18.7. The second-order valence-electron chi connectivity index (χ2n) is 4.59. The van der Waals surface area contributed by atoms with Crippen LogP contribution in [0.15, 0.2) is 24.8 Å². The molecule has 0 amide bonds. The number of Topliss-reactive ketones (excluding diaryl/α,β-unsaturated/α-hetero) is 1. The summed E-state index contributed by atoms with van der Waals surface area (Å²) < 4.78 is 5.68. The van der Waals surface area contributed by atoms with Crippen molar-refractivity contribution < 1.29 is 24.2 Å². The van der Waals surface area contributed by atoms with Crippen molar-refractivity contribution >= 4 is 28.8 Å². The van der Waals surface area contributed by atoms with E-state index in [-0.39, 0.29) is 12.3 Å². The molecule has 0 unspecified atom stereocenters. The predicted molar refractivity (Wildman–Crippen MR) is 82.2 cm³/mol. The number of esters is 1. The Bertz CT molecular complexity index is 875. The molecule has 0 atom stereocenters. The number of carbonyl (C=O) groups is 2. The minimum Gasteiger partial charge on any atom is -0.460 e. The number of carbonyl (C=O) groups excluding carboxylic acids is 2. The van der Waals surface area contributed by atoms with E-state index in [0.717, 1.165) is 6.07 Å². The first kappa shape index (κ1) is 17.5. The second-order valence-corrected chi connectivity index (χ2v) is 4.59. The number of nitrogens with two attached hydrogens (primary N) is 1. The van der Waals surface area contributed by atoms with Gasteiger partial charge in [-0.2, -0.15) is 0 Å². The molecule has 12 heteroatoms. The van der Waals surface area contributed by atoms with Crippen LogP contribution in [0.3, 0.4) is 0 Å². The molecule has 0 saturated carbocycles. The first-order chi connectivity index (χ1) is 11.8. The SMILES string of the molecule is CCOC(=O)C(=O)c1c([N+](=O)[O-])cc(-n2ccnc2)c(N)c1[N+](=O)[O-]. The van der Waals surface area contributed by atoms with Crippen molar-refractivity contribution in [2.45, 2.75) is 6.92 Å². The second kappa shape index (κ2) is 6.74. The highest BCUT2D eigenvalue weighted by molar-refractivity contribution is 6.43. The number of benzene rings is 1. The highest BCUT2D eigenvalue weighted by Crippen LogP contribution is 2.39. The summed E-state index contributed by atoms with van der Waals surface area (Å²) in [5.74, 6) is -2.98. The van der Waals surface area contributed by atoms with E-state index in [1.807, 2.05) is 0 Å². The van der Waals surface area contributed by atoms with Gasteiger partial charge in [0.2, 0.25) is 0 Å². The van der Waals surface area contributed by atoms with Crippen molar-refractivity contribution in [3.63, 3.8) is 0 Å². The van der Waals surface area contributed by atoms with E-state index in [4.69, 9.17) is 5.73 Å². The van der Waals surface area contributed by atoms with Gasteiger partial charge in [-0.05, 0) is 6.92 Å². The number of aromatic nitrogens is 2. The molecule has 25 heavy (non-hydrogen) atoms. The lowest BCUT2D eigenvalue weighted by Crippen LogP contribution is -2.21. The predicted octanol–water partition coefficient (Wildman–Crippen LogP) is 1.02. The molecule has 0 spiro atoms. The molecule has 0 bridgehead atoms. The summed E-state index contributed by atoms with van der Waals surface area (Å²) in [4.78, 5) is 48.2. The Morgan fingerprint density at radius 3 is 2.48 bits per heavy atom. The number of nitrogen functional groups attached to an aromatic ring is 1. The number of hydrogen-bond acceptors (Lipinski definition) is 9. The van der Waals surface area contributed by atoms with Gasteiger partial charge in [0.05, 0.1) is 28.5 Å². The van der Waals surface area contributed by atoms with Crippen LogP contribution in [-0.2, 0) is 9.53 Å². The van der Waals surface area contributed by atoms with Crippen molar-refractivity contribution in [2.24, 2.45) is 0 Å². The van der Waals surface area contributed by atoms with Gasteiger partial charge in [0.25, 0.3) is 11.5 Å². The van der Waals surface area contributed by atoms with Crippen LogP contribution >= 0.6 is 0 Å². The van der Waals surface area contributed by atoms with Gasteiger partial charge in [0.15, 0.2) is 5.56 Å². The number of ketones is 1. The van der Waals surface area contributed by atoms with Gasteiger partial charge in [0, 0.05) is 18.5 Å². The highest BCUT2D eigenvalue weighted by atomic mass is 16.6. The molecule has 2 rings (SSSR count). The van der Waals surface area contributed by atoms with Gasteiger partial charge in [0.1, 0.15) is 5.69 Å². The van der Waals surface area contributed by atoms with E-state index in [1.54, 1.807) is 0 Å². The molecule has 130 valence electrons. The minimum absolute atomic E-state index is 0.128. The molecule has 1 heterocycles. The van der Waals surface area contributed by atoms with E-state index in [0.29, 0.717) is 0 Å². The molecule has 0 aliphatic carbocycles. The maximum atomic E-state index is 12.2. The first-order valence-electron chi connectivity index (χ1n) is 6.74. The van der Waals surface area contributed by atoms with Crippen LogP contribution in [0.4, 0.5) is 17.1 Å². The lowest BCUT2D eigenvalue weighted by Gasteiger charge is -2.10. The standard InChI is InChI=1S/C13H11N5O7/c1-2-25-13(20)12(19)9-7(17(21)22)5-8(16-4-3-15-6-16)10(14)11(9)18(23)24/h3-6H,2,14H2,1H3. The Balaban J connectivity index is 2.84. The number of imidazole rings is 1. The average molecular weight is 349 g/mol. The molecule has 0 aliphatic rings. The molecular formula is C13H11N5O7. The van der Waals surface area contributed by atoms with E-state index in [9.17, 15) is 29.8 Å². The van der Waals surface area contributed by atoms with Gasteiger partial charge in [-0.1, -0.05) is 0 Å². The molecular weight excluding hydrogens is 338 g/mol. The number of ether oxygens (including phenoxy) is 1. The Kier molecular flexibility index (Phi) is 4.72. The van der Waals surface area contributed by atoms with Gasteiger partial charge < -0.3 is 15.0 Å². The summed E-state index contributed by atoms with van der Waals surface area (Å²) in [5.41, 5.74) is 2.06. The third-order valence-electron chi connectivity index (χ3n) is 3.15. The molecule has 12 nitrogen and oxygen atoms in total. The highest BCUT2D eigenvalue weighted by Gasteiger charge is 2.39. The Hall–Kier alpha value is -3.83. The van der Waals surface area contributed by atoms with Gasteiger partial charge in [-0.25, -0.2) is 9.78 Å². The lowest BCUT2D eigenvalue weighted by molar-refractivity contribution is -0.394. The lowest BCUT2D eigenvalue weighted by atomic mass is 10.0. The molecule has 0 saturated heterocycles. The average Bonchev–Trinajstić information content (AvgIpc) is 3.07. The fourth-order valence-corrected chi connectivity index (χ4v) is 2.13. The maximum Gasteiger partial charge on any atom is 0.380 e. The van der Waals surface area contributed by atoms with E-state index in [2.05, 4.69) is 9.72 Å². The monoisotopic (exact) mass is 349 g/mol. The normalized spacial score (nSPS) is 10.3. The largest absolute Gasteiger partial charge is 0.460 e. The van der Waals surface area contributed by atoms with Crippen molar-refractivity contribution in [1.29, 1.82) is 0 Å². The number of rotatable bonds is 6. The molecule has 1 aromatic heterocycles. The first-order valence-corrected chi connectivity index (χ1v) is 6.74. The van der Waals surface area contributed by atoms with Crippen molar-refractivity contribution in [1.82, 2.24) is 9.55 Å². The third kappa shape index (κ3) is 3.12. The number of nitro groups is 2. The minimum atomic E-state index is -1.52. The quantitative estimate of drug-likeness (QED) is 0.199. The Morgan fingerprint density at radius 1 is 1.32 bits per heavy atom. The van der Waals surface area contributed by atoms with E-state index >= 15 is 0 Å². The smallest absolute Gasteiger partial charge is 0.380 e. The van der Waals surface area contributed by atoms with Gasteiger partial charge >= 0.3 is 11.7 Å². The topological polar surface area (TPSA) is 173 Å². The molecule has 1 aromatic carbocycles. The Labute approximate surface area is 139 Å². The van der Waals surface area contributed by atoms with Crippen LogP contribution in [0.1, 0.15) is 17.3 Å². The summed E-state index contributed by atoms with van der Waals surface area (Å²) >= 11 is 0. The van der Waals surface area contributed by atoms with Crippen molar-refractivity contribution in [2.75, 3.05) is 12.3 Å². The summed E-state index contributed by atoms with van der Waals surface area (Å²) in [6.45, 7) is 1.22. The zero-order valence-electron chi connectivity index (χ0n) is 12.7. The van der Waals surface area contributed by atoms with Crippen molar-refractivity contribution in [3.05, 3.63) is 50.6 Å². The number of nitro benzene ring substituents is 2. The number of hydrogen-bond donors (Lipinski definition) is 1. The summed E-state index contributed by atoms with van der Waals surface area (Å²) in [7, 11) is 0. The van der Waals surface area contributed by atoms with Crippen LogP contribution in [0.25, 0.3) is 5.69 Å². The van der Waals surface area contributed by atoms with E-state index < -0.39 is 44.2 Å². The van der Waals surface area contributed by atoms with Crippen LogP contribution in [0.2, 0.25) is 0 Å². The van der Waals surface area contributed by atoms with Crippen LogP contribution in [0, 0.1) is 20.2 Å². The summed E-state index contributed by atoms with van der Waals surface area (Å²) in [5, 5.41) is 22.7. The Morgan fingerprint density at radius 2 is 2.00 bits per heavy atom. The van der Waals surface area contributed by atoms with Gasteiger partial charge in [-0.15, -0.1) is 0 Å². The van der Waals surface area contributed by atoms with Crippen LogP contribution in [-0.4, -0.2) is 37.8 Å². The summed E-state index contributed by atoms with van der Waals surface area (Å²) in [6.07, 6.45) is 3.90.